The van der Waals surface area contributed by atoms with Crippen molar-refractivity contribution >= 4 is 17.5 Å². The van der Waals surface area contributed by atoms with Crippen LogP contribution in [0.1, 0.15) is 23.0 Å². The average Bonchev–Trinajstić information content (AvgIpc) is 2.72. The van der Waals surface area contributed by atoms with Crippen molar-refractivity contribution in [2.24, 2.45) is 0 Å². The molecule has 1 aromatic heterocycles. The van der Waals surface area contributed by atoms with Crippen molar-refractivity contribution in [2.75, 3.05) is 44.8 Å². The fourth-order valence-corrected chi connectivity index (χ4v) is 2.98. The quantitative estimate of drug-likeness (QED) is 0.701. The number of ketones is 1. The number of hydrogen-bond donors (Lipinski definition) is 0. The topological polar surface area (TPSA) is 84.9 Å². The molecule has 2 aromatic rings. The zero-order chi connectivity index (χ0) is 20.1. The average molecular weight is 384 g/mol. The van der Waals surface area contributed by atoms with Gasteiger partial charge in [-0.2, -0.15) is 5.10 Å². The number of Topliss-reactive ketones (excluding diaryl/α,β-unsaturated/α-hetero) is 1. The molecule has 8 heteroatoms. The summed E-state index contributed by atoms with van der Waals surface area (Å²) in [5.41, 5.74) is 1.41. The number of amides is 1. The van der Waals surface area contributed by atoms with Gasteiger partial charge in [0.2, 0.25) is 0 Å². The number of ether oxygens (including phenoxy) is 2. The molecule has 0 atom stereocenters. The summed E-state index contributed by atoms with van der Waals surface area (Å²) in [6.07, 6.45) is 0. The van der Waals surface area contributed by atoms with Gasteiger partial charge in [0.25, 0.3) is 5.91 Å². The Morgan fingerprint density at radius 3 is 2.39 bits per heavy atom. The van der Waals surface area contributed by atoms with E-state index in [2.05, 4.69) is 15.1 Å². The van der Waals surface area contributed by atoms with Gasteiger partial charge in [-0.25, -0.2) is 0 Å². The molecule has 0 spiro atoms. The van der Waals surface area contributed by atoms with Gasteiger partial charge in [-0.15, -0.1) is 5.10 Å². The van der Waals surface area contributed by atoms with Crippen molar-refractivity contribution < 1.29 is 19.1 Å². The molecule has 0 N–H and O–H groups in total. The molecule has 1 aliphatic rings. The first-order valence-electron chi connectivity index (χ1n) is 9.13. The lowest BCUT2D eigenvalue weighted by atomic mass is 10.1. The Labute approximate surface area is 164 Å². The van der Waals surface area contributed by atoms with Crippen LogP contribution in [0.4, 0.5) is 5.82 Å². The minimum absolute atomic E-state index is 0.0583. The Kier molecular flexibility index (Phi) is 6.08. The van der Waals surface area contributed by atoms with Crippen molar-refractivity contribution in [1.82, 2.24) is 15.1 Å². The van der Waals surface area contributed by atoms with Crippen LogP contribution in [0.2, 0.25) is 0 Å². The van der Waals surface area contributed by atoms with E-state index in [9.17, 15) is 9.59 Å². The Morgan fingerprint density at radius 1 is 1.04 bits per heavy atom. The van der Waals surface area contributed by atoms with Crippen molar-refractivity contribution in [2.45, 2.75) is 13.8 Å². The smallest absolute Gasteiger partial charge is 0.260 e. The molecule has 148 valence electrons. The molecular formula is C20H24N4O4. The summed E-state index contributed by atoms with van der Waals surface area (Å²) in [5, 5.41) is 8.28. The van der Waals surface area contributed by atoms with Gasteiger partial charge in [0.1, 0.15) is 0 Å². The van der Waals surface area contributed by atoms with Gasteiger partial charge in [0.15, 0.2) is 29.7 Å². The summed E-state index contributed by atoms with van der Waals surface area (Å²) >= 11 is 0. The van der Waals surface area contributed by atoms with Crippen LogP contribution >= 0.6 is 0 Å². The molecule has 0 unspecified atom stereocenters. The number of nitrogens with zero attached hydrogens (tertiary/aromatic N) is 4. The van der Waals surface area contributed by atoms with Crippen molar-refractivity contribution in [1.29, 1.82) is 0 Å². The molecule has 1 aromatic carbocycles. The van der Waals surface area contributed by atoms with Crippen LogP contribution in [0.3, 0.4) is 0 Å². The number of methoxy groups -OCH3 is 1. The van der Waals surface area contributed by atoms with Gasteiger partial charge in [-0.3, -0.25) is 9.59 Å². The van der Waals surface area contributed by atoms with E-state index in [-0.39, 0.29) is 18.3 Å². The molecule has 1 saturated heterocycles. The fraction of sp³-hybridized carbons (Fsp3) is 0.400. The molecule has 0 saturated carbocycles. The van der Waals surface area contributed by atoms with E-state index in [0.29, 0.717) is 43.2 Å². The maximum absolute atomic E-state index is 12.5. The van der Waals surface area contributed by atoms with E-state index < -0.39 is 0 Å². The summed E-state index contributed by atoms with van der Waals surface area (Å²) in [6.45, 7) is 5.88. The van der Waals surface area contributed by atoms with Crippen LogP contribution in [0.5, 0.6) is 11.5 Å². The van der Waals surface area contributed by atoms with E-state index >= 15 is 0 Å². The van der Waals surface area contributed by atoms with Crippen LogP contribution in [0.15, 0.2) is 30.3 Å². The predicted octanol–water partition coefficient (Wildman–Crippen LogP) is 1.72. The molecule has 1 fully saturated rings. The molecule has 0 bridgehead atoms. The van der Waals surface area contributed by atoms with Gasteiger partial charge in [-0.05, 0) is 44.2 Å². The zero-order valence-electron chi connectivity index (χ0n) is 16.3. The number of piperazine rings is 1. The second-order valence-electron chi connectivity index (χ2n) is 6.61. The van der Waals surface area contributed by atoms with Crippen LogP contribution in [0, 0.1) is 6.92 Å². The molecule has 0 aliphatic carbocycles. The van der Waals surface area contributed by atoms with Crippen molar-refractivity contribution in [3.63, 3.8) is 0 Å². The highest BCUT2D eigenvalue weighted by Crippen LogP contribution is 2.28. The summed E-state index contributed by atoms with van der Waals surface area (Å²) in [4.78, 5) is 27.9. The van der Waals surface area contributed by atoms with Crippen LogP contribution in [0.25, 0.3) is 0 Å². The highest BCUT2D eigenvalue weighted by Gasteiger charge is 2.22. The standard InChI is InChI=1S/C20H24N4O4/c1-14-4-7-19(22-21-14)23-8-10-24(11-9-23)20(26)13-28-17-6-5-16(15(2)25)12-18(17)27-3/h4-7,12H,8-11,13H2,1-3H3. The third-order valence-corrected chi connectivity index (χ3v) is 4.66. The Bertz CT molecular complexity index is 846. The first-order valence-corrected chi connectivity index (χ1v) is 9.13. The largest absolute Gasteiger partial charge is 0.493 e. The van der Waals surface area contributed by atoms with E-state index in [0.717, 1.165) is 11.5 Å². The minimum Gasteiger partial charge on any atom is -0.493 e. The number of aromatic nitrogens is 2. The second-order valence-corrected chi connectivity index (χ2v) is 6.61. The maximum atomic E-state index is 12.5. The summed E-state index contributed by atoms with van der Waals surface area (Å²) in [6, 6.07) is 8.80. The van der Waals surface area contributed by atoms with Crippen LogP contribution in [-0.4, -0.2) is 66.7 Å². The first-order chi connectivity index (χ1) is 13.5. The SMILES string of the molecule is COc1cc(C(C)=O)ccc1OCC(=O)N1CCN(c2ccc(C)nn2)CC1. The first kappa shape index (κ1) is 19.6. The zero-order valence-corrected chi connectivity index (χ0v) is 16.3. The number of benzene rings is 1. The molecular weight excluding hydrogens is 360 g/mol. The number of carbonyl (C=O) groups excluding carboxylic acids is 2. The van der Waals surface area contributed by atoms with Gasteiger partial charge in [0.05, 0.1) is 12.8 Å². The summed E-state index contributed by atoms with van der Waals surface area (Å²) in [7, 11) is 1.50. The van der Waals surface area contributed by atoms with E-state index in [4.69, 9.17) is 9.47 Å². The lowest BCUT2D eigenvalue weighted by Gasteiger charge is -2.35. The molecule has 0 radical (unpaired) electrons. The third kappa shape index (κ3) is 4.57. The summed E-state index contributed by atoms with van der Waals surface area (Å²) < 4.78 is 10.9. The van der Waals surface area contributed by atoms with Gasteiger partial charge in [0, 0.05) is 31.7 Å². The number of hydrogen-bond acceptors (Lipinski definition) is 7. The number of carbonyl (C=O) groups is 2. The van der Waals surface area contributed by atoms with Crippen LogP contribution < -0.4 is 14.4 Å². The van der Waals surface area contributed by atoms with Gasteiger partial charge < -0.3 is 19.3 Å². The second kappa shape index (κ2) is 8.69. The van der Waals surface area contributed by atoms with Crippen LogP contribution in [-0.2, 0) is 4.79 Å². The highest BCUT2D eigenvalue weighted by atomic mass is 16.5. The minimum atomic E-state index is -0.0904. The molecule has 2 heterocycles. The van der Waals surface area contributed by atoms with E-state index in [1.54, 1.807) is 23.1 Å². The lowest BCUT2D eigenvalue weighted by Crippen LogP contribution is -2.50. The molecule has 8 nitrogen and oxygen atoms in total. The number of rotatable bonds is 6. The normalized spacial score (nSPS) is 14.0. The highest BCUT2D eigenvalue weighted by molar-refractivity contribution is 5.94. The predicted molar refractivity (Wildman–Crippen MR) is 104 cm³/mol. The number of anilines is 1. The van der Waals surface area contributed by atoms with E-state index in [1.165, 1.54) is 14.0 Å². The van der Waals surface area contributed by atoms with Gasteiger partial charge in [-0.1, -0.05) is 0 Å². The molecule has 1 amide bonds. The van der Waals surface area contributed by atoms with Gasteiger partial charge >= 0.3 is 0 Å². The van der Waals surface area contributed by atoms with Crippen molar-refractivity contribution in [3.05, 3.63) is 41.6 Å². The molecule has 3 rings (SSSR count). The third-order valence-electron chi connectivity index (χ3n) is 4.66. The summed E-state index contributed by atoms with van der Waals surface area (Å²) in [5.74, 6) is 1.55. The van der Waals surface area contributed by atoms with E-state index in [1.807, 2.05) is 19.1 Å². The molecule has 1 aliphatic heterocycles. The lowest BCUT2D eigenvalue weighted by molar-refractivity contribution is -0.133. The Balaban J connectivity index is 1.53. The molecule has 28 heavy (non-hydrogen) atoms. The monoisotopic (exact) mass is 384 g/mol. The Hall–Kier alpha value is -3.16. The maximum Gasteiger partial charge on any atom is 0.260 e. The number of aryl methyl sites for hydroxylation is 1. The van der Waals surface area contributed by atoms with Crippen molar-refractivity contribution in [3.8, 4) is 11.5 Å². The fourth-order valence-electron chi connectivity index (χ4n) is 2.98. The Morgan fingerprint density at radius 2 is 1.79 bits per heavy atom.